The fourth-order valence-corrected chi connectivity index (χ4v) is 4.89. The quantitative estimate of drug-likeness (QED) is 0.910. The topological polar surface area (TPSA) is 52.7 Å². The van der Waals surface area contributed by atoms with E-state index in [9.17, 15) is 8.42 Å². The van der Waals surface area contributed by atoms with Crippen LogP contribution in [0.2, 0.25) is 0 Å². The Morgan fingerprint density at radius 3 is 2.80 bits per heavy atom. The minimum absolute atomic E-state index is 0.383. The van der Waals surface area contributed by atoms with Crippen LogP contribution < -0.4 is 5.32 Å². The number of hydrogen-bond donors (Lipinski definition) is 1. The molecule has 2 heterocycles. The molecule has 2 saturated heterocycles. The molecule has 1 atom stereocenters. The van der Waals surface area contributed by atoms with Gasteiger partial charge < -0.3 is 5.32 Å². The highest BCUT2D eigenvalue weighted by molar-refractivity contribution is 7.89. The van der Waals surface area contributed by atoms with Crippen molar-refractivity contribution in [2.75, 3.05) is 38.5 Å². The number of sulfonamides is 1. The molecular formula is C14H21N3O2S. The summed E-state index contributed by atoms with van der Waals surface area (Å²) >= 11 is 0. The number of rotatable bonds is 3. The van der Waals surface area contributed by atoms with Gasteiger partial charge in [-0.3, -0.25) is 4.90 Å². The second-order valence-electron chi connectivity index (χ2n) is 5.44. The third-order valence-corrected chi connectivity index (χ3v) is 6.25. The number of hydrogen-bond acceptors (Lipinski definition) is 4. The number of fused-ring (bicyclic) bond motifs is 1. The van der Waals surface area contributed by atoms with Crippen LogP contribution in [0.25, 0.3) is 0 Å². The van der Waals surface area contributed by atoms with Crippen molar-refractivity contribution in [3.05, 3.63) is 24.3 Å². The Balaban J connectivity index is 1.88. The van der Waals surface area contributed by atoms with E-state index in [4.69, 9.17) is 0 Å². The van der Waals surface area contributed by atoms with E-state index in [1.165, 1.54) is 6.42 Å². The Hall–Kier alpha value is -1.11. The predicted octanol–water partition coefficient (Wildman–Crippen LogP) is 1.20. The highest BCUT2D eigenvalue weighted by atomic mass is 32.2. The first-order valence-electron chi connectivity index (χ1n) is 7.14. The lowest BCUT2D eigenvalue weighted by Gasteiger charge is -2.36. The molecule has 1 unspecified atom stereocenters. The maximum atomic E-state index is 12.8. The van der Waals surface area contributed by atoms with Crippen LogP contribution in [0, 0.1) is 0 Å². The summed E-state index contributed by atoms with van der Waals surface area (Å²) in [6, 6.07) is 7.51. The molecule has 6 heteroatoms. The Morgan fingerprint density at radius 1 is 1.20 bits per heavy atom. The number of piperazine rings is 1. The van der Waals surface area contributed by atoms with E-state index in [1.54, 1.807) is 29.6 Å². The van der Waals surface area contributed by atoms with Crippen LogP contribution in [-0.2, 0) is 10.0 Å². The molecule has 5 nitrogen and oxygen atoms in total. The molecule has 20 heavy (non-hydrogen) atoms. The number of nitrogens with one attached hydrogen (secondary N) is 1. The average Bonchev–Trinajstić information content (AvgIpc) is 2.94. The molecule has 1 aromatic rings. The zero-order valence-corrected chi connectivity index (χ0v) is 12.6. The lowest BCUT2D eigenvalue weighted by molar-refractivity contribution is 0.158. The number of nitrogens with zero attached hydrogens (tertiary/aromatic N) is 2. The van der Waals surface area contributed by atoms with Crippen molar-refractivity contribution in [3.8, 4) is 0 Å². The highest BCUT2D eigenvalue weighted by Crippen LogP contribution is 2.28. The van der Waals surface area contributed by atoms with Gasteiger partial charge in [-0.1, -0.05) is 12.1 Å². The molecule has 1 aromatic carbocycles. The van der Waals surface area contributed by atoms with E-state index in [0.29, 0.717) is 29.7 Å². The maximum absolute atomic E-state index is 12.8. The van der Waals surface area contributed by atoms with E-state index in [0.717, 1.165) is 19.5 Å². The third kappa shape index (κ3) is 2.32. The largest absolute Gasteiger partial charge is 0.387 e. The van der Waals surface area contributed by atoms with Gasteiger partial charge in [0, 0.05) is 32.7 Å². The van der Waals surface area contributed by atoms with E-state index >= 15 is 0 Å². The first kappa shape index (κ1) is 13.9. The SMILES string of the molecule is CNc1ccccc1S(=O)(=O)N1CCN2CCCC2C1. The first-order chi connectivity index (χ1) is 9.63. The normalized spacial score (nSPS) is 24.6. The summed E-state index contributed by atoms with van der Waals surface area (Å²) in [5, 5.41) is 2.97. The molecule has 0 amide bonds. The fraction of sp³-hybridized carbons (Fsp3) is 0.571. The monoisotopic (exact) mass is 295 g/mol. The molecule has 1 N–H and O–H groups in total. The summed E-state index contributed by atoms with van der Waals surface area (Å²) in [6.45, 7) is 3.19. The molecule has 2 aliphatic rings. The molecule has 0 radical (unpaired) electrons. The Kier molecular flexibility index (Phi) is 3.70. The van der Waals surface area contributed by atoms with Gasteiger partial charge in [-0.2, -0.15) is 4.31 Å². The number of benzene rings is 1. The van der Waals surface area contributed by atoms with E-state index in [2.05, 4.69) is 10.2 Å². The Morgan fingerprint density at radius 2 is 2.00 bits per heavy atom. The molecule has 0 bridgehead atoms. The van der Waals surface area contributed by atoms with Crippen LogP contribution >= 0.6 is 0 Å². The van der Waals surface area contributed by atoms with Crippen molar-refractivity contribution in [2.45, 2.75) is 23.8 Å². The third-order valence-electron chi connectivity index (χ3n) is 4.32. The van der Waals surface area contributed by atoms with Gasteiger partial charge in [0.2, 0.25) is 10.0 Å². The van der Waals surface area contributed by atoms with Crippen molar-refractivity contribution in [2.24, 2.45) is 0 Å². The smallest absolute Gasteiger partial charge is 0.245 e. The van der Waals surface area contributed by atoms with Gasteiger partial charge >= 0.3 is 0 Å². The van der Waals surface area contributed by atoms with Gasteiger partial charge in [0.25, 0.3) is 0 Å². The second kappa shape index (κ2) is 5.35. The van der Waals surface area contributed by atoms with Gasteiger partial charge in [-0.25, -0.2) is 8.42 Å². The summed E-state index contributed by atoms with van der Waals surface area (Å²) in [4.78, 5) is 2.80. The minimum Gasteiger partial charge on any atom is -0.387 e. The molecule has 2 fully saturated rings. The lowest BCUT2D eigenvalue weighted by atomic mass is 10.2. The van der Waals surface area contributed by atoms with Gasteiger partial charge in [0.15, 0.2) is 0 Å². The van der Waals surface area contributed by atoms with Crippen LogP contribution in [0.5, 0.6) is 0 Å². The van der Waals surface area contributed by atoms with Gasteiger partial charge in [0.05, 0.1) is 5.69 Å². The standard InChI is InChI=1S/C14H21N3O2S/c1-15-13-6-2-3-7-14(13)20(18,19)17-10-9-16-8-4-5-12(16)11-17/h2-3,6-7,12,15H,4-5,8-11H2,1H3. The molecule has 0 aromatic heterocycles. The van der Waals surface area contributed by atoms with Crippen molar-refractivity contribution >= 4 is 15.7 Å². The highest BCUT2D eigenvalue weighted by Gasteiger charge is 2.36. The average molecular weight is 295 g/mol. The summed E-state index contributed by atoms with van der Waals surface area (Å²) < 4.78 is 27.3. The Labute approximate surface area is 120 Å². The van der Waals surface area contributed by atoms with Crippen LogP contribution in [0.3, 0.4) is 0 Å². The molecule has 3 rings (SSSR count). The first-order valence-corrected chi connectivity index (χ1v) is 8.58. The van der Waals surface area contributed by atoms with Gasteiger partial charge in [0.1, 0.15) is 4.90 Å². The molecular weight excluding hydrogens is 274 g/mol. The van der Waals surface area contributed by atoms with Crippen molar-refractivity contribution in [1.82, 2.24) is 9.21 Å². The molecule has 0 saturated carbocycles. The number of para-hydroxylation sites is 1. The van der Waals surface area contributed by atoms with E-state index < -0.39 is 10.0 Å². The maximum Gasteiger partial charge on any atom is 0.245 e. The summed E-state index contributed by atoms with van der Waals surface area (Å²) in [7, 11) is -1.65. The van der Waals surface area contributed by atoms with Crippen LogP contribution in [0.4, 0.5) is 5.69 Å². The van der Waals surface area contributed by atoms with Crippen molar-refractivity contribution < 1.29 is 8.42 Å². The van der Waals surface area contributed by atoms with Crippen molar-refractivity contribution in [1.29, 1.82) is 0 Å². The summed E-state index contributed by atoms with van der Waals surface area (Å²) in [5.74, 6) is 0. The summed E-state index contributed by atoms with van der Waals surface area (Å²) in [6.07, 6.45) is 2.30. The van der Waals surface area contributed by atoms with Crippen LogP contribution in [0.15, 0.2) is 29.2 Å². The van der Waals surface area contributed by atoms with Crippen LogP contribution in [-0.4, -0.2) is 56.9 Å². The van der Waals surface area contributed by atoms with Gasteiger partial charge in [-0.15, -0.1) is 0 Å². The minimum atomic E-state index is -3.40. The van der Waals surface area contributed by atoms with Crippen LogP contribution in [0.1, 0.15) is 12.8 Å². The Bertz CT molecular complexity index is 588. The molecule has 2 aliphatic heterocycles. The number of anilines is 1. The molecule has 110 valence electrons. The van der Waals surface area contributed by atoms with Gasteiger partial charge in [-0.05, 0) is 31.5 Å². The van der Waals surface area contributed by atoms with Crippen molar-refractivity contribution in [3.63, 3.8) is 0 Å². The fourth-order valence-electron chi connectivity index (χ4n) is 3.22. The summed E-state index contributed by atoms with van der Waals surface area (Å²) in [5.41, 5.74) is 0.668. The predicted molar refractivity (Wildman–Crippen MR) is 79.3 cm³/mol. The van der Waals surface area contributed by atoms with E-state index in [1.807, 2.05) is 6.07 Å². The van der Waals surface area contributed by atoms with E-state index in [-0.39, 0.29) is 0 Å². The lowest BCUT2D eigenvalue weighted by Crippen LogP contribution is -2.51. The second-order valence-corrected chi connectivity index (χ2v) is 7.35. The zero-order valence-electron chi connectivity index (χ0n) is 11.7. The molecule has 0 aliphatic carbocycles. The zero-order chi connectivity index (χ0) is 14.2. The molecule has 0 spiro atoms.